The Labute approximate surface area is 105 Å². The summed E-state index contributed by atoms with van der Waals surface area (Å²) in [5.74, 6) is 2.93. The van der Waals surface area contributed by atoms with Gasteiger partial charge in [-0.3, -0.25) is 0 Å². The predicted molar refractivity (Wildman–Crippen MR) is 73.2 cm³/mol. The Morgan fingerprint density at radius 3 is 2.88 bits per heavy atom. The van der Waals surface area contributed by atoms with Crippen molar-refractivity contribution in [3.8, 4) is 0 Å². The van der Waals surface area contributed by atoms with E-state index < -0.39 is 0 Å². The SMILES string of the molecule is CCCC1CCC2c3ccccc3CCC2C1. The van der Waals surface area contributed by atoms with Crippen LogP contribution in [0.3, 0.4) is 0 Å². The van der Waals surface area contributed by atoms with Gasteiger partial charge in [-0.05, 0) is 61.0 Å². The molecule has 92 valence electrons. The van der Waals surface area contributed by atoms with Gasteiger partial charge in [0.05, 0.1) is 0 Å². The van der Waals surface area contributed by atoms with Crippen LogP contribution in [0.25, 0.3) is 0 Å². The van der Waals surface area contributed by atoms with Crippen molar-refractivity contribution in [1.82, 2.24) is 0 Å². The summed E-state index contributed by atoms with van der Waals surface area (Å²) in [5, 5.41) is 0. The van der Waals surface area contributed by atoms with Crippen molar-refractivity contribution < 1.29 is 0 Å². The molecule has 0 aromatic heterocycles. The molecule has 0 spiro atoms. The minimum Gasteiger partial charge on any atom is -0.0654 e. The fourth-order valence-electron chi connectivity index (χ4n) is 4.22. The van der Waals surface area contributed by atoms with Crippen LogP contribution in [0.2, 0.25) is 0 Å². The molecule has 1 saturated carbocycles. The van der Waals surface area contributed by atoms with E-state index in [-0.39, 0.29) is 0 Å². The zero-order valence-corrected chi connectivity index (χ0v) is 11.0. The van der Waals surface area contributed by atoms with Gasteiger partial charge < -0.3 is 0 Å². The Balaban J connectivity index is 1.78. The highest BCUT2D eigenvalue weighted by Crippen LogP contribution is 2.47. The third kappa shape index (κ3) is 2.14. The molecule has 3 rings (SSSR count). The first-order valence-corrected chi connectivity index (χ1v) is 7.46. The van der Waals surface area contributed by atoms with Crippen molar-refractivity contribution in [2.24, 2.45) is 11.8 Å². The Bertz CT molecular complexity index is 379. The second kappa shape index (κ2) is 4.84. The first-order chi connectivity index (χ1) is 8.38. The molecule has 17 heavy (non-hydrogen) atoms. The number of hydrogen-bond acceptors (Lipinski definition) is 0. The topological polar surface area (TPSA) is 0 Å². The summed E-state index contributed by atoms with van der Waals surface area (Å²) in [6.07, 6.45) is 10.0. The molecule has 0 saturated heterocycles. The highest BCUT2D eigenvalue weighted by Gasteiger charge is 2.34. The fourth-order valence-corrected chi connectivity index (χ4v) is 4.22. The van der Waals surface area contributed by atoms with Gasteiger partial charge in [0.25, 0.3) is 0 Å². The first-order valence-electron chi connectivity index (χ1n) is 7.46. The quantitative estimate of drug-likeness (QED) is 0.673. The average molecular weight is 228 g/mol. The molecule has 0 amide bonds. The lowest BCUT2D eigenvalue weighted by Gasteiger charge is -2.40. The van der Waals surface area contributed by atoms with E-state index in [4.69, 9.17) is 0 Å². The van der Waals surface area contributed by atoms with Crippen LogP contribution < -0.4 is 0 Å². The van der Waals surface area contributed by atoms with Crippen molar-refractivity contribution in [2.75, 3.05) is 0 Å². The van der Waals surface area contributed by atoms with E-state index in [1.807, 2.05) is 0 Å². The molecule has 1 aromatic rings. The maximum atomic E-state index is 2.40. The number of fused-ring (bicyclic) bond motifs is 3. The largest absolute Gasteiger partial charge is 0.0654 e. The Kier molecular flexibility index (Phi) is 3.22. The summed E-state index contributed by atoms with van der Waals surface area (Å²) in [4.78, 5) is 0. The van der Waals surface area contributed by atoms with E-state index in [1.54, 1.807) is 11.1 Å². The summed E-state index contributed by atoms with van der Waals surface area (Å²) in [7, 11) is 0. The zero-order chi connectivity index (χ0) is 11.7. The van der Waals surface area contributed by atoms with Gasteiger partial charge in [-0.2, -0.15) is 0 Å². The molecule has 0 radical (unpaired) electrons. The van der Waals surface area contributed by atoms with Crippen LogP contribution in [0.4, 0.5) is 0 Å². The number of rotatable bonds is 2. The Morgan fingerprint density at radius 1 is 1.12 bits per heavy atom. The molecule has 0 N–H and O–H groups in total. The number of hydrogen-bond donors (Lipinski definition) is 0. The van der Waals surface area contributed by atoms with Crippen LogP contribution in [-0.4, -0.2) is 0 Å². The molecule has 0 heterocycles. The summed E-state index contributed by atoms with van der Waals surface area (Å²) in [5.41, 5.74) is 3.33. The lowest BCUT2D eigenvalue weighted by Crippen LogP contribution is -2.28. The predicted octanol–water partition coefficient (Wildman–Crippen LogP) is 4.93. The van der Waals surface area contributed by atoms with Crippen LogP contribution >= 0.6 is 0 Å². The molecule has 2 aliphatic carbocycles. The smallest absolute Gasteiger partial charge is 0.0131 e. The lowest BCUT2D eigenvalue weighted by atomic mass is 9.65. The molecular weight excluding hydrogens is 204 g/mol. The molecule has 0 bridgehead atoms. The lowest BCUT2D eigenvalue weighted by molar-refractivity contribution is 0.201. The standard InChI is InChI=1S/C17H24/c1-2-5-13-8-11-17-15(12-13)10-9-14-6-3-4-7-16(14)17/h3-4,6-7,13,15,17H,2,5,8-12H2,1H3. The molecule has 0 aliphatic heterocycles. The average Bonchev–Trinajstić information content (AvgIpc) is 2.39. The van der Waals surface area contributed by atoms with Gasteiger partial charge in [-0.1, -0.05) is 44.0 Å². The zero-order valence-electron chi connectivity index (χ0n) is 11.0. The Morgan fingerprint density at radius 2 is 2.00 bits per heavy atom. The molecule has 2 aliphatic rings. The van der Waals surface area contributed by atoms with Gasteiger partial charge in [0, 0.05) is 0 Å². The number of aryl methyl sites for hydroxylation is 1. The van der Waals surface area contributed by atoms with Crippen LogP contribution in [0.15, 0.2) is 24.3 Å². The van der Waals surface area contributed by atoms with E-state index in [0.29, 0.717) is 0 Å². The second-order valence-electron chi connectivity index (χ2n) is 6.07. The molecule has 1 aromatic carbocycles. The van der Waals surface area contributed by atoms with E-state index >= 15 is 0 Å². The normalized spacial score (nSPS) is 31.7. The maximum Gasteiger partial charge on any atom is -0.0131 e. The molecule has 3 atom stereocenters. The van der Waals surface area contributed by atoms with Crippen LogP contribution in [0.1, 0.15) is 62.5 Å². The van der Waals surface area contributed by atoms with Gasteiger partial charge in [0.1, 0.15) is 0 Å². The van der Waals surface area contributed by atoms with Crippen molar-refractivity contribution in [1.29, 1.82) is 0 Å². The first kappa shape index (κ1) is 11.3. The second-order valence-corrected chi connectivity index (χ2v) is 6.07. The molecule has 3 unspecified atom stereocenters. The molecular formula is C17H24. The molecule has 1 fully saturated rings. The van der Waals surface area contributed by atoms with Crippen molar-refractivity contribution >= 4 is 0 Å². The van der Waals surface area contributed by atoms with Gasteiger partial charge >= 0.3 is 0 Å². The highest BCUT2D eigenvalue weighted by molar-refractivity contribution is 5.33. The summed E-state index contributed by atoms with van der Waals surface area (Å²) in [6, 6.07) is 9.19. The maximum absolute atomic E-state index is 2.40. The number of benzene rings is 1. The monoisotopic (exact) mass is 228 g/mol. The van der Waals surface area contributed by atoms with Crippen molar-refractivity contribution in [2.45, 2.75) is 57.8 Å². The Hall–Kier alpha value is -0.780. The van der Waals surface area contributed by atoms with Gasteiger partial charge in [0.15, 0.2) is 0 Å². The van der Waals surface area contributed by atoms with Gasteiger partial charge in [0.2, 0.25) is 0 Å². The highest BCUT2D eigenvalue weighted by atomic mass is 14.4. The van der Waals surface area contributed by atoms with Crippen LogP contribution in [0, 0.1) is 11.8 Å². The van der Waals surface area contributed by atoms with Crippen molar-refractivity contribution in [3.05, 3.63) is 35.4 Å². The van der Waals surface area contributed by atoms with Crippen LogP contribution in [-0.2, 0) is 6.42 Å². The minimum absolute atomic E-state index is 0.896. The minimum atomic E-state index is 0.896. The van der Waals surface area contributed by atoms with E-state index in [2.05, 4.69) is 31.2 Å². The fraction of sp³-hybridized carbons (Fsp3) is 0.647. The van der Waals surface area contributed by atoms with E-state index in [9.17, 15) is 0 Å². The van der Waals surface area contributed by atoms with E-state index in [0.717, 1.165) is 17.8 Å². The third-order valence-corrected chi connectivity index (χ3v) is 5.03. The molecule has 0 nitrogen and oxygen atoms in total. The summed E-state index contributed by atoms with van der Waals surface area (Å²) in [6.45, 7) is 2.34. The van der Waals surface area contributed by atoms with E-state index in [1.165, 1.54) is 44.9 Å². The van der Waals surface area contributed by atoms with Crippen LogP contribution in [0.5, 0.6) is 0 Å². The summed E-state index contributed by atoms with van der Waals surface area (Å²) < 4.78 is 0. The van der Waals surface area contributed by atoms with Gasteiger partial charge in [-0.25, -0.2) is 0 Å². The third-order valence-electron chi connectivity index (χ3n) is 5.03. The summed E-state index contributed by atoms with van der Waals surface area (Å²) >= 11 is 0. The molecule has 0 heteroatoms. The van der Waals surface area contributed by atoms with Crippen molar-refractivity contribution in [3.63, 3.8) is 0 Å². The van der Waals surface area contributed by atoms with Gasteiger partial charge in [-0.15, -0.1) is 0 Å².